The monoisotopic (exact) mass is 335 g/mol. The first-order valence-electron chi connectivity index (χ1n) is 6.71. The van der Waals surface area contributed by atoms with Crippen molar-refractivity contribution in [2.75, 3.05) is 5.32 Å². The number of hydrogen-bond donors (Lipinski definition) is 2. The summed E-state index contributed by atoms with van der Waals surface area (Å²) in [7, 11) is 0. The molecule has 1 aliphatic carbocycles. The molecule has 106 valence electrons. The molecule has 1 aromatic rings. The Kier molecular flexibility index (Phi) is 4.46. The van der Waals surface area contributed by atoms with Gasteiger partial charge in [0.2, 0.25) is 5.91 Å². The molecule has 0 bridgehead atoms. The van der Waals surface area contributed by atoms with Gasteiger partial charge in [-0.2, -0.15) is 5.26 Å². The maximum Gasteiger partial charge on any atom is 0.227 e. The number of anilines is 1. The van der Waals surface area contributed by atoms with Gasteiger partial charge < -0.3 is 11.1 Å². The molecule has 0 spiro atoms. The molecule has 0 saturated heterocycles. The van der Waals surface area contributed by atoms with Gasteiger partial charge in [-0.1, -0.05) is 15.9 Å². The second-order valence-corrected chi connectivity index (χ2v) is 6.41. The zero-order chi connectivity index (χ0) is 14.8. The summed E-state index contributed by atoms with van der Waals surface area (Å²) in [5.74, 6) is -0.0292. The number of amides is 1. The summed E-state index contributed by atoms with van der Waals surface area (Å²) in [6, 6.07) is 7.91. The van der Waals surface area contributed by atoms with E-state index < -0.39 is 5.54 Å². The highest BCUT2D eigenvalue weighted by atomic mass is 79.9. The predicted molar refractivity (Wildman–Crippen MR) is 82.0 cm³/mol. The fraction of sp³-hybridized carbons (Fsp3) is 0.467. The molecule has 3 N–H and O–H groups in total. The predicted octanol–water partition coefficient (Wildman–Crippen LogP) is 3.11. The largest absolute Gasteiger partial charge is 0.326 e. The molecular formula is C15H18BrN3O. The molecule has 1 aromatic carbocycles. The molecule has 0 atom stereocenters. The second kappa shape index (κ2) is 5.94. The quantitative estimate of drug-likeness (QED) is 0.871. The number of hydrogen-bond acceptors (Lipinski definition) is 3. The summed E-state index contributed by atoms with van der Waals surface area (Å²) in [4.78, 5) is 12.3. The van der Waals surface area contributed by atoms with Crippen molar-refractivity contribution in [1.29, 1.82) is 5.26 Å². The van der Waals surface area contributed by atoms with Crippen molar-refractivity contribution in [1.82, 2.24) is 0 Å². The molecule has 0 unspecified atom stereocenters. The molecule has 1 amide bonds. The van der Waals surface area contributed by atoms with E-state index >= 15 is 0 Å². The highest BCUT2D eigenvalue weighted by molar-refractivity contribution is 9.10. The molecule has 5 heteroatoms. The second-order valence-electron chi connectivity index (χ2n) is 5.49. The van der Waals surface area contributed by atoms with Crippen molar-refractivity contribution in [3.63, 3.8) is 0 Å². The molecule has 2 rings (SSSR count). The van der Waals surface area contributed by atoms with Crippen molar-refractivity contribution >= 4 is 27.5 Å². The zero-order valence-corrected chi connectivity index (χ0v) is 13.0. The van der Waals surface area contributed by atoms with Crippen molar-refractivity contribution in [2.24, 2.45) is 11.7 Å². The average Bonchev–Trinajstić information content (AvgIpc) is 2.42. The smallest absolute Gasteiger partial charge is 0.227 e. The molecule has 0 heterocycles. The summed E-state index contributed by atoms with van der Waals surface area (Å²) in [6.45, 7) is 1.96. The topological polar surface area (TPSA) is 78.9 Å². The lowest BCUT2D eigenvalue weighted by Gasteiger charge is -2.31. The van der Waals surface area contributed by atoms with Crippen molar-refractivity contribution in [3.8, 4) is 6.07 Å². The lowest BCUT2D eigenvalue weighted by Crippen LogP contribution is -2.43. The number of carbonyl (C=O) groups excluding carboxylic acids is 1. The van der Waals surface area contributed by atoms with Crippen LogP contribution in [-0.4, -0.2) is 11.4 Å². The molecule has 1 aliphatic rings. The number of nitrogens with two attached hydrogens (primary N) is 1. The molecule has 0 aliphatic heterocycles. The van der Waals surface area contributed by atoms with E-state index in [9.17, 15) is 4.79 Å². The number of rotatable bonds is 2. The Morgan fingerprint density at radius 3 is 2.70 bits per heavy atom. The van der Waals surface area contributed by atoms with Crippen LogP contribution in [0, 0.1) is 24.2 Å². The first-order valence-corrected chi connectivity index (χ1v) is 7.50. The van der Waals surface area contributed by atoms with Crippen LogP contribution in [0.15, 0.2) is 22.7 Å². The van der Waals surface area contributed by atoms with Gasteiger partial charge in [0, 0.05) is 16.1 Å². The third-order valence-corrected chi connectivity index (χ3v) is 4.41. The molecule has 0 aromatic heterocycles. The number of nitrogens with zero attached hydrogens (tertiary/aromatic N) is 1. The van der Waals surface area contributed by atoms with Gasteiger partial charge in [0.05, 0.1) is 6.07 Å². The summed E-state index contributed by atoms with van der Waals surface area (Å²) in [6.07, 6.45) is 2.51. The Hall–Kier alpha value is -1.38. The number of aryl methyl sites for hydroxylation is 1. The number of nitriles is 1. The van der Waals surface area contributed by atoms with Gasteiger partial charge in [-0.25, -0.2) is 0 Å². The van der Waals surface area contributed by atoms with Crippen molar-refractivity contribution in [3.05, 3.63) is 28.2 Å². The van der Waals surface area contributed by atoms with Crippen LogP contribution in [0.5, 0.6) is 0 Å². The highest BCUT2D eigenvalue weighted by Crippen LogP contribution is 2.31. The summed E-state index contributed by atoms with van der Waals surface area (Å²) < 4.78 is 0.993. The van der Waals surface area contributed by atoms with Gasteiger partial charge in [-0.3, -0.25) is 4.79 Å². The normalized spacial score (nSPS) is 25.8. The summed E-state index contributed by atoms with van der Waals surface area (Å²) >= 11 is 3.40. The van der Waals surface area contributed by atoms with Gasteiger partial charge in [0.1, 0.15) is 5.54 Å². The van der Waals surface area contributed by atoms with E-state index in [1.165, 1.54) is 0 Å². The summed E-state index contributed by atoms with van der Waals surface area (Å²) in [5, 5.41) is 12.0. The van der Waals surface area contributed by atoms with Crippen LogP contribution in [0.1, 0.15) is 31.2 Å². The van der Waals surface area contributed by atoms with Crippen LogP contribution >= 0.6 is 15.9 Å². The Morgan fingerprint density at radius 1 is 1.50 bits per heavy atom. The molecule has 0 radical (unpaired) electrons. The van der Waals surface area contributed by atoms with Crippen LogP contribution in [0.4, 0.5) is 5.69 Å². The van der Waals surface area contributed by atoms with Crippen molar-refractivity contribution in [2.45, 2.75) is 38.1 Å². The standard InChI is InChI=1S/C15H18BrN3O/c1-10-8-12(16)2-3-13(10)19-14(20)11-4-6-15(18,9-17)7-5-11/h2-3,8,11H,4-7,18H2,1H3,(H,19,20). The maximum absolute atomic E-state index is 12.3. The van der Waals surface area contributed by atoms with Gasteiger partial charge in [0.15, 0.2) is 0 Å². The minimum atomic E-state index is -0.746. The van der Waals surface area contributed by atoms with Gasteiger partial charge in [0.25, 0.3) is 0 Å². The van der Waals surface area contributed by atoms with E-state index in [0.29, 0.717) is 25.7 Å². The molecule has 20 heavy (non-hydrogen) atoms. The fourth-order valence-electron chi connectivity index (χ4n) is 2.51. The SMILES string of the molecule is Cc1cc(Br)ccc1NC(=O)C1CCC(N)(C#N)CC1. The lowest BCUT2D eigenvalue weighted by atomic mass is 9.77. The first-order chi connectivity index (χ1) is 9.43. The Balaban J connectivity index is 1.98. The molecule has 1 saturated carbocycles. The van der Waals surface area contributed by atoms with Crippen LogP contribution in [0.3, 0.4) is 0 Å². The van der Waals surface area contributed by atoms with E-state index in [0.717, 1.165) is 15.7 Å². The zero-order valence-electron chi connectivity index (χ0n) is 11.4. The fourth-order valence-corrected chi connectivity index (χ4v) is 2.98. The van der Waals surface area contributed by atoms with E-state index in [-0.39, 0.29) is 11.8 Å². The maximum atomic E-state index is 12.3. The van der Waals surface area contributed by atoms with Gasteiger partial charge >= 0.3 is 0 Å². The van der Waals surface area contributed by atoms with Crippen LogP contribution in [0.2, 0.25) is 0 Å². The van der Waals surface area contributed by atoms with E-state index in [1.54, 1.807) is 0 Å². The lowest BCUT2D eigenvalue weighted by molar-refractivity contribution is -0.121. The number of benzene rings is 1. The third-order valence-electron chi connectivity index (χ3n) is 3.92. The average molecular weight is 336 g/mol. The molecular weight excluding hydrogens is 318 g/mol. The van der Waals surface area contributed by atoms with Crippen LogP contribution < -0.4 is 11.1 Å². The van der Waals surface area contributed by atoms with Crippen LogP contribution in [-0.2, 0) is 4.79 Å². The summed E-state index contributed by atoms with van der Waals surface area (Å²) in [5.41, 5.74) is 7.03. The van der Waals surface area contributed by atoms with E-state index in [2.05, 4.69) is 27.3 Å². The Morgan fingerprint density at radius 2 is 2.15 bits per heavy atom. The van der Waals surface area contributed by atoms with Gasteiger partial charge in [-0.05, 0) is 56.4 Å². The van der Waals surface area contributed by atoms with E-state index in [1.807, 2.05) is 25.1 Å². The number of halogens is 1. The van der Waals surface area contributed by atoms with Crippen LogP contribution in [0.25, 0.3) is 0 Å². The number of carbonyl (C=O) groups is 1. The number of nitrogens with one attached hydrogen (secondary N) is 1. The molecule has 1 fully saturated rings. The van der Waals surface area contributed by atoms with Crippen molar-refractivity contribution < 1.29 is 4.79 Å². The van der Waals surface area contributed by atoms with Gasteiger partial charge in [-0.15, -0.1) is 0 Å². The first kappa shape index (κ1) is 15.0. The highest BCUT2D eigenvalue weighted by Gasteiger charge is 2.34. The minimum Gasteiger partial charge on any atom is -0.326 e. The minimum absolute atomic E-state index is 0.0235. The Labute approximate surface area is 127 Å². The Bertz CT molecular complexity index is 557. The molecule has 4 nitrogen and oxygen atoms in total. The van der Waals surface area contributed by atoms with E-state index in [4.69, 9.17) is 11.0 Å². The third kappa shape index (κ3) is 3.38.